The third kappa shape index (κ3) is 2.79. The van der Waals surface area contributed by atoms with E-state index in [2.05, 4.69) is 0 Å². The van der Waals surface area contributed by atoms with Crippen LogP contribution in [-0.2, 0) is 0 Å². The van der Waals surface area contributed by atoms with Crippen LogP contribution < -0.4 is 0 Å². The Morgan fingerprint density at radius 3 is 2.60 bits per heavy atom. The van der Waals surface area contributed by atoms with Gasteiger partial charge in [-0.15, -0.1) is 0 Å². The van der Waals surface area contributed by atoms with Crippen LogP contribution in [-0.4, -0.2) is 5.78 Å². The molecule has 0 bridgehead atoms. The van der Waals surface area contributed by atoms with Gasteiger partial charge in [0.25, 0.3) is 0 Å². The second-order valence-electron chi connectivity index (χ2n) is 6.64. The highest BCUT2D eigenvalue weighted by Crippen LogP contribution is 2.43. The number of benzene rings is 1. The van der Waals surface area contributed by atoms with Crippen molar-refractivity contribution in [2.24, 2.45) is 17.8 Å². The molecule has 1 aromatic rings. The summed E-state index contributed by atoms with van der Waals surface area (Å²) < 4.78 is 0. The van der Waals surface area contributed by atoms with Crippen LogP contribution in [0.3, 0.4) is 0 Å². The largest absolute Gasteiger partial charge is 0.294 e. The summed E-state index contributed by atoms with van der Waals surface area (Å²) in [6.07, 6.45) is 8.91. The summed E-state index contributed by atoms with van der Waals surface area (Å²) in [5, 5.41) is 0.710. The Bertz CT molecular complexity index is 508. The SMILES string of the molecule is Cc1ccc(C(=O)C2CCC3CCCCC3C2)cc1Cl. The molecule has 0 N–H and O–H groups in total. The predicted molar refractivity (Wildman–Crippen MR) is 83.3 cm³/mol. The number of Topliss-reactive ketones (excluding diaryl/α,β-unsaturated/α-hetero) is 1. The van der Waals surface area contributed by atoms with Crippen LogP contribution >= 0.6 is 11.6 Å². The Morgan fingerprint density at radius 1 is 1.10 bits per heavy atom. The molecule has 20 heavy (non-hydrogen) atoms. The molecule has 1 aromatic carbocycles. The second-order valence-corrected chi connectivity index (χ2v) is 7.05. The van der Waals surface area contributed by atoms with Gasteiger partial charge in [-0.2, -0.15) is 0 Å². The number of hydrogen-bond acceptors (Lipinski definition) is 1. The van der Waals surface area contributed by atoms with Gasteiger partial charge in [-0.1, -0.05) is 49.4 Å². The molecule has 0 radical (unpaired) electrons. The highest BCUT2D eigenvalue weighted by molar-refractivity contribution is 6.31. The van der Waals surface area contributed by atoms with Crippen LogP contribution in [0.4, 0.5) is 0 Å². The van der Waals surface area contributed by atoms with E-state index in [1.54, 1.807) is 0 Å². The molecule has 2 fully saturated rings. The van der Waals surface area contributed by atoms with Crippen molar-refractivity contribution in [2.45, 2.75) is 51.9 Å². The number of carbonyl (C=O) groups is 1. The molecule has 0 saturated heterocycles. The fourth-order valence-electron chi connectivity index (χ4n) is 4.09. The van der Waals surface area contributed by atoms with E-state index in [1.807, 2.05) is 25.1 Å². The fraction of sp³-hybridized carbons (Fsp3) is 0.611. The minimum absolute atomic E-state index is 0.230. The van der Waals surface area contributed by atoms with Gasteiger partial charge in [0.1, 0.15) is 0 Å². The number of hydrogen-bond donors (Lipinski definition) is 0. The second kappa shape index (κ2) is 5.89. The normalized spacial score (nSPS) is 29.8. The third-order valence-corrected chi connectivity index (χ3v) is 5.77. The Kier molecular flexibility index (Phi) is 4.16. The van der Waals surface area contributed by atoms with Gasteiger partial charge < -0.3 is 0 Å². The van der Waals surface area contributed by atoms with Gasteiger partial charge in [0.2, 0.25) is 0 Å². The first kappa shape index (κ1) is 14.1. The number of aryl methyl sites for hydroxylation is 1. The molecule has 0 aliphatic heterocycles. The quantitative estimate of drug-likeness (QED) is 0.663. The average Bonchev–Trinajstić information content (AvgIpc) is 2.49. The van der Waals surface area contributed by atoms with Crippen LogP contribution in [0.25, 0.3) is 0 Å². The van der Waals surface area contributed by atoms with Crippen molar-refractivity contribution in [3.63, 3.8) is 0 Å². The Balaban J connectivity index is 1.72. The lowest BCUT2D eigenvalue weighted by atomic mass is 9.66. The van der Waals surface area contributed by atoms with E-state index in [0.717, 1.165) is 35.8 Å². The summed E-state index contributed by atoms with van der Waals surface area (Å²) in [5.74, 6) is 2.24. The number of halogens is 1. The predicted octanol–water partition coefficient (Wildman–Crippen LogP) is 5.44. The average molecular weight is 291 g/mol. The maximum Gasteiger partial charge on any atom is 0.166 e. The number of ketones is 1. The maximum atomic E-state index is 12.7. The third-order valence-electron chi connectivity index (χ3n) is 5.37. The van der Waals surface area contributed by atoms with Crippen LogP contribution in [0, 0.1) is 24.7 Å². The summed E-state index contributed by atoms with van der Waals surface area (Å²) in [6, 6.07) is 5.75. The Morgan fingerprint density at radius 2 is 1.85 bits per heavy atom. The number of fused-ring (bicyclic) bond motifs is 1. The van der Waals surface area contributed by atoms with E-state index in [1.165, 1.54) is 32.1 Å². The molecule has 0 spiro atoms. The minimum atomic E-state index is 0.230. The molecule has 0 aromatic heterocycles. The smallest absolute Gasteiger partial charge is 0.166 e. The van der Waals surface area contributed by atoms with E-state index < -0.39 is 0 Å². The van der Waals surface area contributed by atoms with Crippen molar-refractivity contribution >= 4 is 17.4 Å². The Labute approximate surface area is 126 Å². The van der Waals surface area contributed by atoms with Crippen molar-refractivity contribution < 1.29 is 4.79 Å². The molecule has 1 nitrogen and oxygen atoms in total. The van der Waals surface area contributed by atoms with Gasteiger partial charge >= 0.3 is 0 Å². The monoisotopic (exact) mass is 290 g/mol. The number of rotatable bonds is 2. The van der Waals surface area contributed by atoms with Crippen LogP contribution in [0.15, 0.2) is 18.2 Å². The molecule has 2 aliphatic rings. The minimum Gasteiger partial charge on any atom is -0.294 e. The molecule has 108 valence electrons. The van der Waals surface area contributed by atoms with Crippen molar-refractivity contribution in [1.29, 1.82) is 0 Å². The summed E-state index contributed by atoms with van der Waals surface area (Å²) >= 11 is 6.16. The van der Waals surface area contributed by atoms with E-state index >= 15 is 0 Å². The van der Waals surface area contributed by atoms with Gasteiger partial charge in [-0.3, -0.25) is 4.79 Å². The molecular formula is C18H23ClO. The lowest BCUT2D eigenvalue weighted by molar-refractivity contribution is 0.0763. The van der Waals surface area contributed by atoms with Gasteiger partial charge in [-0.05, 0) is 49.7 Å². The maximum absolute atomic E-state index is 12.7. The summed E-state index contributed by atoms with van der Waals surface area (Å²) in [4.78, 5) is 12.7. The molecule has 3 atom stereocenters. The van der Waals surface area contributed by atoms with Crippen molar-refractivity contribution in [1.82, 2.24) is 0 Å². The van der Waals surface area contributed by atoms with E-state index in [-0.39, 0.29) is 5.92 Å². The first-order chi connectivity index (χ1) is 9.65. The molecule has 0 heterocycles. The first-order valence-electron chi connectivity index (χ1n) is 7.95. The van der Waals surface area contributed by atoms with Crippen molar-refractivity contribution in [3.8, 4) is 0 Å². The highest BCUT2D eigenvalue weighted by atomic mass is 35.5. The van der Waals surface area contributed by atoms with Gasteiger partial charge in [-0.25, -0.2) is 0 Å². The molecule has 3 rings (SSSR count). The molecular weight excluding hydrogens is 268 g/mol. The molecule has 0 amide bonds. The van der Waals surface area contributed by atoms with Crippen LogP contribution in [0.2, 0.25) is 5.02 Å². The molecule has 2 saturated carbocycles. The first-order valence-corrected chi connectivity index (χ1v) is 8.33. The van der Waals surface area contributed by atoms with Crippen LogP contribution in [0.5, 0.6) is 0 Å². The van der Waals surface area contributed by atoms with E-state index in [4.69, 9.17) is 11.6 Å². The van der Waals surface area contributed by atoms with E-state index in [9.17, 15) is 4.79 Å². The van der Waals surface area contributed by atoms with Gasteiger partial charge in [0, 0.05) is 16.5 Å². The summed E-state index contributed by atoms with van der Waals surface area (Å²) in [7, 11) is 0. The summed E-state index contributed by atoms with van der Waals surface area (Å²) in [5.41, 5.74) is 1.85. The lowest BCUT2D eigenvalue weighted by Gasteiger charge is -2.38. The summed E-state index contributed by atoms with van der Waals surface area (Å²) in [6.45, 7) is 1.98. The zero-order valence-electron chi connectivity index (χ0n) is 12.2. The van der Waals surface area contributed by atoms with E-state index in [0.29, 0.717) is 10.8 Å². The molecule has 2 heteroatoms. The van der Waals surface area contributed by atoms with Crippen LogP contribution in [0.1, 0.15) is 60.9 Å². The van der Waals surface area contributed by atoms with Crippen molar-refractivity contribution in [2.75, 3.05) is 0 Å². The zero-order chi connectivity index (χ0) is 14.1. The molecule has 3 unspecified atom stereocenters. The topological polar surface area (TPSA) is 17.1 Å². The number of carbonyl (C=O) groups excluding carboxylic acids is 1. The molecule has 2 aliphatic carbocycles. The Hall–Kier alpha value is -0.820. The highest BCUT2D eigenvalue weighted by Gasteiger charge is 2.35. The van der Waals surface area contributed by atoms with Gasteiger partial charge in [0.15, 0.2) is 5.78 Å². The van der Waals surface area contributed by atoms with Crippen molar-refractivity contribution in [3.05, 3.63) is 34.3 Å². The zero-order valence-corrected chi connectivity index (χ0v) is 13.0. The van der Waals surface area contributed by atoms with Gasteiger partial charge in [0.05, 0.1) is 0 Å². The lowest BCUT2D eigenvalue weighted by Crippen LogP contribution is -2.31. The standard InChI is InChI=1S/C18H23ClO/c1-12-6-7-16(11-17(12)19)18(20)15-9-8-13-4-2-3-5-14(13)10-15/h6-7,11,13-15H,2-5,8-10H2,1H3. The fourth-order valence-corrected chi connectivity index (χ4v) is 4.27.